The number of ether oxygens (including phenoxy) is 1. The summed E-state index contributed by atoms with van der Waals surface area (Å²) < 4.78 is 34.4. The van der Waals surface area contributed by atoms with E-state index in [2.05, 4.69) is 4.98 Å². The van der Waals surface area contributed by atoms with Crippen LogP contribution in [0.4, 0.5) is 8.78 Å². The fourth-order valence-corrected chi connectivity index (χ4v) is 2.60. The number of hydrogen-bond donors (Lipinski definition) is 1. The molecule has 1 N–H and O–H groups in total. The lowest BCUT2D eigenvalue weighted by molar-refractivity contribution is 0.386. The number of nitrogens with zero attached hydrogens (tertiary/aromatic N) is 1. The zero-order chi connectivity index (χ0) is 15.1. The maximum Gasteiger partial charge on any atom is 0.182 e. The van der Waals surface area contributed by atoms with E-state index < -0.39 is 5.82 Å². The maximum atomic E-state index is 13.9. The Labute approximate surface area is 124 Å². The Kier molecular flexibility index (Phi) is 3.25. The number of aromatic nitrogens is 2. The Morgan fingerprint density at radius 3 is 2.57 bits per heavy atom. The van der Waals surface area contributed by atoms with Gasteiger partial charge in [-0.15, -0.1) is 0 Å². The van der Waals surface area contributed by atoms with E-state index in [0.717, 1.165) is 0 Å². The van der Waals surface area contributed by atoms with Gasteiger partial charge in [0.1, 0.15) is 5.82 Å². The molecule has 0 amide bonds. The Morgan fingerprint density at radius 1 is 1.14 bits per heavy atom. The Bertz CT molecular complexity index is 899. The molecule has 0 bridgehead atoms. The van der Waals surface area contributed by atoms with Gasteiger partial charge in [-0.25, -0.2) is 8.78 Å². The second-order valence-corrected chi connectivity index (χ2v) is 5.09. The number of halogens is 2. The summed E-state index contributed by atoms with van der Waals surface area (Å²) in [4.78, 5) is 2.93. The predicted octanol–water partition coefficient (Wildman–Crippen LogP) is 4.28. The van der Waals surface area contributed by atoms with Gasteiger partial charge in [0.05, 0.1) is 23.8 Å². The molecule has 0 spiro atoms. The maximum absolute atomic E-state index is 13.9. The summed E-state index contributed by atoms with van der Waals surface area (Å²) in [6.45, 7) is 1.67. The molecule has 0 aliphatic rings. The van der Waals surface area contributed by atoms with Crippen LogP contribution >= 0.6 is 12.2 Å². The summed E-state index contributed by atoms with van der Waals surface area (Å²) in [5.41, 5.74) is 2.32. The topological polar surface area (TPSA) is 29.9 Å². The van der Waals surface area contributed by atoms with Crippen LogP contribution < -0.4 is 4.74 Å². The highest BCUT2D eigenvalue weighted by atomic mass is 32.1. The molecule has 108 valence electrons. The van der Waals surface area contributed by atoms with E-state index in [1.54, 1.807) is 23.6 Å². The summed E-state index contributed by atoms with van der Waals surface area (Å²) in [7, 11) is 1.40. The predicted molar refractivity (Wildman–Crippen MR) is 79.7 cm³/mol. The summed E-state index contributed by atoms with van der Waals surface area (Å²) in [6, 6.07) is 7.63. The first-order valence-corrected chi connectivity index (χ1v) is 6.67. The van der Waals surface area contributed by atoms with Crippen molar-refractivity contribution in [3.63, 3.8) is 0 Å². The molecule has 0 unspecified atom stereocenters. The van der Waals surface area contributed by atoms with Gasteiger partial charge >= 0.3 is 0 Å². The van der Waals surface area contributed by atoms with Crippen LogP contribution in [0.1, 0.15) is 5.56 Å². The first kappa shape index (κ1) is 13.8. The van der Waals surface area contributed by atoms with Crippen molar-refractivity contribution in [2.24, 2.45) is 0 Å². The SMILES string of the molecule is COc1ccc(-n2c(=S)[nH]c3cc(F)c(C)cc32)cc1F. The molecule has 0 radical (unpaired) electrons. The average Bonchev–Trinajstić information content (AvgIpc) is 2.74. The second-order valence-electron chi connectivity index (χ2n) is 4.70. The van der Waals surface area contributed by atoms with Crippen LogP contribution in [0, 0.1) is 23.3 Å². The monoisotopic (exact) mass is 306 g/mol. The van der Waals surface area contributed by atoms with Gasteiger partial charge in [-0.3, -0.25) is 4.57 Å². The highest BCUT2D eigenvalue weighted by molar-refractivity contribution is 7.71. The van der Waals surface area contributed by atoms with Crippen molar-refractivity contribution >= 4 is 23.3 Å². The fraction of sp³-hybridized carbons (Fsp3) is 0.133. The summed E-state index contributed by atoms with van der Waals surface area (Å²) in [5.74, 6) is -0.635. The minimum absolute atomic E-state index is 0.160. The van der Waals surface area contributed by atoms with Crippen molar-refractivity contribution in [2.45, 2.75) is 6.92 Å². The smallest absolute Gasteiger partial charge is 0.182 e. The standard InChI is InChI=1S/C15H12F2N2OS/c1-8-5-13-12(7-10(8)16)18-15(21)19(13)9-3-4-14(20-2)11(17)6-9/h3-7H,1-2H3,(H,18,21). The normalized spacial score (nSPS) is 11.0. The van der Waals surface area contributed by atoms with Gasteiger partial charge in [0.15, 0.2) is 16.3 Å². The molecule has 0 atom stereocenters. The molecule has 3 aromatic rings. The largest absolute Gasteiger partial charge is 0.494 e. The van der Waals surface area contributed by atoms with Crippen molar-refractivity contribution < 1.29 is 13.5 Å². The van der Waals surface area contributed by atoms with E-state index in [9.17, 15) is 8.78 Å². The summed E-state index contributed by atoms with van der Waals surface area (Å²) in [6.07, 6.45) is 0. The molecular weight excluding hydrogens is 294 g/mol. The van der Waals surface area contributed by atoms with E-state index in [4.69, 9.17) is 17.0 Å². The number of nitrogens with one attached hydrogen (secondary N) is 1. The molecule has 1 aromatic heterocycles. The highest BCUT2D eigenvalue weighted by Gasteiger charge is 2.11. The number of H-pyrrole nitrogens is 1. The molecular formula is C15H12F2N2OS. The summed E-state index contributed by atoms with van der Waals surface area (Å²) >= 11 is 5.26. The lowest BCUT2D eigenvalue weighted by Crippen LogP contribution is -1.97. The second kappa shape index (κ2) is 4.96. The van der Waals surface area contributed by atoms with Crippen molar-refractivity contribution in [3.05, 3.63) is 52.3 Å². The van der Waals surface area contributed by atoms with Crippen molar-refractivity contribution in [3.8, 4) is 11.4 Å². The Balaban J connectivity index is 2.29. The van der Waals surface area contributed by atoms with E-state index in [0.29, 0.717) is 27.1 Å². The molecule has 0 saturated carbocycles. The lowest BCUT2D eigenvalue weighted by atomic mass is 10.2. The average molecular weight is 306 g/mol. The third-order valence-electron chi connectivity index (χ3n) is 3.36. The van der Waals surface area contributed by atoms with Crippen molar-refractivity contribution in [1.82, 2.24) is 9.55 Å². The van der Waals surface area contributed by atoms with Crippen LogP contribution in [0.3, 0.4) is 0 Å². The number of methoxy groups -OCH3 is 1. The molecule has 21 heavy (non-hydrogen) atoms. The Morgan fingerprint density at radius 2 is 1.90 bits per heavy atom. The van der Waals surface area contributed by atoms with Crippen LogP contribution in [0.15, 0.2) is 30.3 Å². The minimum atomic E-state index is -0.481. The molecule has 0 aliphatic heterocycles. The molecule has 0 aliphatic carbocycles. The number of aromatic amines is 1. The molecule has 6 heteroatoms. The quantitative estimate of drug-likeness (QED) is 0.716. The third kappa shape index (κ3) is 2.21. The number of imidazole rings is 1. The van der Waals surface area contributed by atoms with Gasteiger partial charge in [-0.1, -0.05) is 0 Å². The minimum Gasteiger partial charge on any atom is -0.494 e. The van der Waals surface area contributed by atoms with Gasteiger partial charge in [0.25, 0.3) is 0 Å². The summed E-state index contributed by atoms with van der Waals surface area (Å²) in [5, 5.41) is 0. The van der Waals surface area contributed by atoms with Crippen LogP contribution in [-0.4, -0.2) is 16.7 Å². The zero-order valence-electron chi connectivity index (χ0n) is 11.4. The molecule has 0 saturated heterocycles. The number of hydrogen-bond acceptors (Lipinski definition) is 2. The van der Waals surface area contributed by atoms with E-state index in [-0.39, 0.29) is 11.6 Å². The number of aryl methyl sites for hydroxylation is 1. The van der Waals surface area contributed by atoms with Gasteiger partial charge in [-0.2, -0.15) is 0 Å². The van der Waals surface area contributed by atoms with Gasteiger partial charge in [0.2, 0.25) is 0 Å². The number of benzene rings is 2. The van der Waals surface area contributed by atoms with Gasteiger partial charge in [0, 0.05) is 6.07 Å². The fourth-order valence-electron chi connectivity index (χ4n) is 2.28. The van der Waals surface area contributed by atoms with Crippen LogP contribution in [0.5, 0.6) is 5.75 Å². The highest BCUT2D eigenvalue weighted by Crippen LogP contribution is 2.25. The molecule has 1 heterocycles. The van der Waals surface area contributed by atoms with E-state index in [1.165, 1.54) is 25.3 Å². The molecule has 0 fully saturated rings. The number of fused-ring (bicyclic) bond motifs is 1. The zero-order valence-corrected chi connectivity index (χ0v) is 12.2. The first-order chi connectivity index (χ1) is 10.0. The first-order valence-electron chi connectivity index (χ1n) is 6.26. The van der Waals surface area contributed by atoms with Crippen LogP contribution in [0.25, 0.3) is 16.7 Å². The van der Waals surface area contributed by atoms with Gasteiger partial charge < -0.3 is 9.72 Å². The van der Waals surface area contributed by atoms with Crippen LogP contribution in [-0.2, 0) is 0 Å². The Hall–Kier alpha value is -2.21. The van der Waals surface area contributed by atoms with Crippen LogP contribution in [0.2, 0.25) is 0 Å². The number of rotatable bonds is 2. The lowest BCUT2D eigenvalue weighted by Gasteiger charge is -2.08. The van der Waals surface area contributed by atoms with Crippen molar-refractivity contribution in [1.29, 1.82) is 0 Å². The molecule has 3 rings (SSSR count). The third-order valence-corrected chi connectivity index (χ3v) is 3.64. The van der Waals surface area contributed by atoms with Crippen molar-refractivity contribution in [2.75, 3.05) is 7.11 Å². The van der Waals surface area contributed by atoms with Gasteiger partial charge in [-0.05, 0) is 49.0 Å². The molecule has 3 nitrogen and oxygen atoms in total. The van der Waals surface area contributed by atoms with E-state index in [1.807, 2.05) is 0 Å². The molecule has 2 aromatic carbocycles. The van der Waals surface area contributed by atoms with E-state index >= 15 is 0 Å².